The summed E-state index contributed by atoms with van der Waals surface area (Å²) >= 11 is 0. The van der Waals surface area contributed by atoms with Crippen molar-refractivity contribution in [2.45, 2.75) is 38.0 Å². The molecule has 1 aromatic carbocycles. The monoisotopic (exact) mass is 377 g/mol. The smallest absolute Gasteiger partial charge is 0.249 e. The van der Waals surface area contributed by atoms with Crippen LogP contribution in [0.4, 0.5) is 0 Å². The number of aryl methyl sites for hydroxylation is 1. The maximum atomic E-state index is 12.2. The average Bonchev–Trinajstić information content (AvgIpc) is 2.98. The van der Waals surface area contributed by atoms with E-state index in [4.69, 9.17) is 10.5 Å². The first-order chi connectivity index (χ1) is 10.5. The van der Waals surface area contributed by atoms with E-state index in [9.17, 15) is 4.79 Å². The van der Waals surface area contributed by atoms with Crippen LogP contribution in [0.3, 0.4) is 0 Å². The molecule has 0 spiro atoms. The number of nitrogens with two attached hydrogens (primary N) is 1. The first-order valence-corrected chi connectivity index (χ1v) is 7.87. The zero-order valence-electron chi connectivity index (χ0n) is 14.5. The third-order valence-electron chi connectivity index (χ3n) is 4.22. The van der Waals surface area contributed by atoms with Crippen molar-refractivity contribution in [2.75, 3.05) is 27.2 Å². The number of hydrogen-bond acceptors (Lipinski definition) is 4. The Hall–Kier alpha value is -0.850. The number of ether oxygens (including phenoxy) is 1. The van der Waals surface area contributed by atoms with E-state index in [0.717, 1.165) is 12.8 Å². The molecule has 0 aliphatic carbocycles. The lowest BCUT2D eigenvalue weighted by atomic mass is 10.0. The van der Waals surface area contributed by atoms with Gasteiger partial charge in [-0.25, -0.2) is 0 Å². The van der Waals surface area contributed by atoms with Crippen LogP contribution in [0.15, 0.2) is 24.3 Å². The van der Waals surface area contributed by atoms with Crippen molar-refractivity contribution >= 4 is 30.7 Å². The molecule has 7 heteroatoms. The lowest BCUT2D eigenvalue weighted by Gasteiger charge is -2.26. The van der Waals surface area contributed by atoms with Gasteiger partial charge in [-0.3, -0.25) is 4.79 Å². The van der Waals surface area contributed by atoms with E-state index in [1.165, 1.54) is 11.1 Å². The second kappa shape index (κ2) is 10.9. The van der Waals surface area contributed by atoms with E-state index in [1.54, 1.807) is 0 Å². The standard InChI is InChI=1S/C17H27N3O2.2ClH/c1-12-4-6-13(7-5-12)15(20(2)3)11-19-17(21)16-9-8-14(10-18)22-16;;/h4-7,14-16H,8-11,18H2,1-3H3,(H,19,21);2*1H/t14-,15?,16+;;/m1../s1. The van der Waals surface area contributed by atoms with Crippen molar-refractivity contribution < 1.29 is 9.53 Å². The number of benzene rings is 1. The molecular formula is C17H29Cl2N3O2. The molecule has 1 aliphatic rings. The predicted molar refractivity (Wildman–Crippen MR) is 102 cm³/mol. The van der Waals surface area contributed by atoms with Crippen LogP contribution in [0.2, 0.25) is 0 Å². The van der Waals surface area contributed by atoms with E-state index in [0.29, 0.717) is 13.1 Å². The number of amides is 1. The van der Waals surface area contributed by atoms with Crippen molar-refractivity contribution in [3.05, 3.63) is 35.4 Å². The number of rotatable bonds is 6. The fraction of sp³-hybridized carbons (Fsp3) is 0.588. The highest BCUT2D eigenvalue weighted by Crippen LogP contribution is 2.20. The molecule has 1 fully saturated rings. The summed E-state index contributed by atoms with van der Waals surface area (Å²) in [5.41, 5.74) is 8.01. The van der Waals surface area contributed by atoms with E-state index in [2.05, 4.69) is 41.4 Å². The molecule has 1 unspecified atom stereocenters. The third-order valence-corrected chi connectivity index (χ3v) is 4.22. The summed E-state index contributed by atoms with van der Waals surface area (Å²) in [6, 6.07) is 8.57. The zero-order chi connectivity index (χ0) is 16.1. The SMILES string of the molecule is Cc1ccc(C(CNC(=O)[C@@H]2CC[C@H](CN)O2)N(C)C)cc1.Cl.Cl. The summed E-state index contributed by atoms with van der Waals surface area (Å²) in [7, 11) is 4.04. The largest absolute Gasteiger partial charge is 0.364 e. The van der Waals surface area contributed by atoms with Gasteiger partial charge in [0.05, 0.1) is 12.1 Å². The van der Waals surface area contributed by atoms with E-state index >= 15 is 0 Å². The normalized spacial score (nSPS) is 20.9. The number of hydrogen-bond donors (Lipinski definition) is 2. The number of carbonyl (C=O) groups excluding carboxylic acids is 1. The van der Waals surface area contributed by atoms with Crippen LogP contribution in [-0.4, -0.2) is 50.2 Å². The maximum absolute atomic E-state index is 12.2. The van der Waals surface area contributed by atoms with Crippen LogP contribution >= 0.6 is 24.8 Å². The average molecular weight is 378 g/mol. The number of halogens is 2. The topological polar surface area (TPSA) is 67.6 Å². The summed E-state index contributed by atoms with van der Waals surface area (Å²) in [5.74, 6) is -0.0325. The molecule has 0 bridgehead atoms. The van der Waals surface area contributed by atoms with Gasteiger partial charge in [0.1, 0.15) is 6.10 Å². The molecule has 1 amide bonds. The van der Waals surface area contributed by atoms with Crippen molar-refractivity contribution in [1.29, 1.82) is 0 Å². The highest BCUT2D eigenvalue weighted by molar-refractivity contribution is 5.85. The van der Waals surface area contributed by atoms with Crippen LogP contribution in [0, 0.1) is 6.92 Å². The summed E-state index contributed by atoms with van der Waals surface area (Å²) in [6.45, 7) is 3.12. The van der Waals surface area contributed by atoms with Gasteiger partial charge in [-0.15, -0.1) is 24.8 Å². The molecule has 0 radical (unpaired) electrons. The van der Waals surface area contributed by atoms with E-state index in [-0.39, 0.29) is 49.0 Å². The van der Waals surface area contributed by atoms with Crippen molar-refractivity contribution in [3.8, 4) is 0 Å². The van der Waals surface area contributed by atoms with Gasteiger partial charge >= 0.3 is 0 Å². The fourth-order valence-electron chi connectivity index (χ4n) is 2.77. The van der Waals surface area contributed by atoms with E-state index in [1.807, 2.05) is 14.1 Å². The van der Waals surface area contributed by atoms with Gasteiger partial charge in [0.25, 0.3) is 0 Å². The molecule has 24 heavy (non-hydrogen) atoms. The van der Waals surface area contributed by atoms with Crippen molar-refractivity contribution in [3.63, 3.8) is 0 Å². The molecule has 1 aromatic rings. The van der Waals surface area contributed by atoms with Gasteiger partial charge in [-0.1, -0.05) is 29.8 Å². The van der Waals surface area contributed by atoms with Gasteiger partial charge in [0.15, 0.2) is 0 Å². The first kappa shape index (κ1) is 23.1. The Morgan fingerprint density at radius 2 is 1.92 bits per heavy atom. The number of nitrogens with one attached hydrogen (secondary N) is 1. The van der Waals surface area contributed by atoms with Crippen LogP contribution in [0.5, 0.6) is 0 Å². The Morgan fingerprint density at radius 1 is 1.29 bits per heavy atom. The molecule has 1 saturated heterocycles. The number of nitrogens with zero attached hydrogens (tertiary/aromatic N) is 1. The Balaban J connectivity index is 0.00000264. The van der Waals surface area contributed by atoms with Crippen LogP contribution in [-0.2, 0) is 9.53 Å². The zero-order valence-corrected chi connectivity index (χ0v) is 16.2. The molecule has 1 aliphatic heterocycles. The van der Waals surface area contributed by atoms with E-state index < -0.39 is 0 Å². The van der Waals surface area contributed by atoms with Crippen LogP contribution in [0.1, 0.15) is 30.0 Å². The summed E-state index contributed by atoms with van der Waals surface area (Å²) in [4.78, 5) is 14.3. The van der Waals surface area contributed by atoms with Gasteiger partial charge in [0, 0.05) is 13.1 Å². The molecule has 3 atom stereocenters. The molecule has 0 saturated carbocycles. The van der Waals surface area contributed by atoms with Crippen molar-refractivity contribution in [2.24, 2.45) is 5.73 Å². The fourth-order valence-corrected chi connectivity index (χ4v) is 2.77. The molecule has 2 rings (SSSR count). The quantitative estimate of drug-likeness (QED) is 0.795. The van der Waals surface area contributed by atoms with Crippen LogP contribution in [0.25, 0.3) is 0 Å². The minimum absolute atomic E-state index is 0. The Labute approximate surface area is 157 Å². The highest BCUT2D eigenvalue weighted by atomic mass is 35.5. The molecule has 5 nitrogen and oxygen atoms in total. The second-order valence-electron chi connectivity index (χ2n) is 6.20. The van der Waals surface area contributed by atoms with Gasteiger partial charge in [-0.2, -0.15) is 0 Å². The summed E-state index contributed by atoms with van der Waals surface area (Å²) in [6.07, 6.45) is 1.29. The second-order valence-corrected chi connectivity index (χ2v) is 6.20. The maximum Gasteiger partial charge on any atom is 0.249 e. The lowest BCUT2D eigenvalue weighted by Crippen LogP contribution is -2.40. The Morgan fingerprint density at radius 3 is 2.42 bits per heavy atom. The number of carbonyl (C=O) groups is 1. The minimum atomic E-state index is -0.352. The summed E-state index contributed by atoms with van der Waals surface area (Å²) < 4.78 is 5.64. The third kappa shape index (κ3) is 6.22. The molecule has 138 valence electrons. The molecular weight excluding hydrogens is 349 g/mol. The molecule has 3 N–H and O–H groups in total. The lowest BCUT2D eigenvalue weighted by molar-refractivity contribution is -0.132. The van der Waals surface area contributed by atoms with Gasteiger partial charge in [-0.05, 0) is 39.4 Å². The van der Waals surface area contributed by atoms with Gasteiger partial charge in [0.2, 0.25) is 5.91 Å². The van der Waals surface area contributed by atoms with Crippen molar-refractivity contribution in [1.82, 2.24) is 10.2 Å². The molecule has 1 heterocycles. The first-order valence-electron chi connectivity index (χ1n) is 7.87. The number of likely N-dealkylation sites (N-methyl/N-ethyl adjacent to an activating group) is 1. The minimum Gasteiger partial charge on any atom is -0.364 e. The Kier molecular flexibility index (Phi) is 10.5. The highest BCUT2D eigenvalue weighted by Gasteiger charge is 2.30. The predicted octanol–water partition coefficient (Wildman–Crippen LogP) is 2.06. The summed E-state index contributed by atoms with van der Waals surface area (Å²) in [5, 5.41) is 3.02. The Bertz CT molecular complexity index is 497. The van der Waals surface area contributed by atoms with Crippen LogP contribution < -0.4 is 11.1 Å². The molecule has 0 aromatic heterocycles. The van der Waals surface area contributed by atoms with Gasteiger partial charge < -0.3 is 20.7 Å².